The predicted molar refractivity (Wildman–Crippen MR) is 75.9 cm³/mol. The molecule has 1 N–H and O–H groups in total. The first-order chi connectivity index (χ1) is 9.22. The first-order valence-corrected chi connectivity index (χ1v) is 7.43. The molecule has 3 rings (SSSR count). The minimum atomic E-state index is -0.167. The summed E-state index contributed by atoms with van der Waals surface area (Å²) in [4.78, 5) is 12.1. The van der Waals surface area contributed by atoms with E-state index in [1.54, 1.807) is 36.4 Å². The molecule has 1 heterocycles. The van der Waals surface area contributed by atoms with Crippen LogP contribution in [0.2, 0.25) is 5.02 Å². The van der Waals surface area contributed by atoms with Crippen LogP contribution in [0.1, 0.15) is 10.4 Å². The van der Waals surface area contributed by atoms with Crippen molar-refractivity contribution in [3.8, 4) is 0 Å². The Morgan fingerprint density at radius 1 is 1.05 bits per heavy atom. The third-order valence-corrected chi connectivity index (χ3v) is 4.04. The topological polar surface area (TPSA) is 54.9 Å². The van der Waals surface area contributed by atoms with Gasteiger partial charge < -0.3 is 0 Å². The summed E-state index contributed by atoms with van der Waals surface area (Å²) in [5.41, 5.74) is 2.94. The molecule has 0 bridgehead atoms. The van der Waals surface area contributed by atoms with Crippen LogP contribution in [0.3, 0.4) is 0 Å². The first-order valence-electron chi connectivity index (χ1n) is 5.51. The van der Waals surface area contributed by atoms with E-state index in [1.165, 1.54) is 0 Å². The number of halogens is 1. The number of nitrogens with one attached hydrogen (secondary N) is 1. The summed E-state index contributed by atoms with van der Waals surface area (Å²) < 4.78 is 8.50. The van der Waals surface area contributed by atoms with Gasteiger partial charge in [0, 0.05) is 0 Å². The van der Waals surface area contributed by atoms with Crippen LogP contribution in [-0.4, -0.2) is 28.8 Å². The number of nitrogens with zero attached hydrogens (tertiary/aromatic N) is 2. The molecular weight excluding hydrogens is 329 g/mol. The van der Waals surface area contributed by atoms with Crippen LogP contribution in [0.4, 0.5) is 5.69 Å². The van der Waals surface area contributed by atoms with Crippen molar-refractivity contribution in [2.75, 3.05) is 5.32 Å². The average molecular weight is 337 g/mol. The molecule has 0 atom stereocenters. The number of hydrogen-bond acceptors (Lipinski definition) is 3. The van der Waals surface area contributed by atoms with Gasteiger partial charge >= 0.3 is 120 Å². The van der Waals surface area contributed by atoms with Gasteiger partial charge in [-0.25, -0.2) is 0 Å². The maximum absolute atomic E-state index is 12.1. The Bertz CT molecular complexity index is 739. The molecule has 19 heavy (non-hydrogen) atoms. The fourth-order valence-corrected chi connectivity index (χ4v) is 2.87. The van der Waals surface area contributed by atoms with Gasteiger partial charge in [0.25, 0.3) is 0 Å². The Hall–Kier alpha value is -1.68. The maximum atomic E-state index is 12.1. The van der Waals surface area contributed by atoms with Crippen molar-refractivity contribution in [2.45, 2.75) is 0 Å². The van der Waals surface area contributed by atoms with Crippen LogP contribution in [0.15, 0.2) is 42.5 Å². The fourth-order valence-electron chi connectivity index (χ4n) is 1.66. The normalized spacial score (nSPS) is 10.6. The third kappa shape index (κ3) is 2.68. The quantitative estimate of drug-likeness (QED) is 0.732. The second-order valence-corrected chi connectivity index (χ2v) is 5.47. The fraction of sp³-hybridized carbons (Fsp3) is 0. The van der Waals surface area contributed by atoms with E-state index in [0.29, 0.717) is 16.3 Å². The van der Waals surface area contributed by atoms with Gasteiger partial charge in [-0.05, 0) is 0 Å². The summed E-state index contributed by atoms with van der Waals surface area (Å²) in [7, 11) is 0. The van der Waals surface area contributed by atoms with Gasteiger partial charge in [0.1, 0.15) is 0 Å². The monoisotopic (exact) mass is 337 g/mol. The number of rotatable bonds is 2. The predicted octanol–water partition coefficient (Wildman–Crippen LogP) is 2.59. The van der Waals surface area contributed by atoms with E-state index in [2.05, 4.69) is 13.3 Å². The van der Waals surface area contributed by atoms with E-state index >= 15 is 0 Å². The zero-order valence-electron chi connectivity index (χ0n) is 9.63. The number of anilines is 1. The molecular formula is C13H8ClN3OSe. The van der Waals surface area contributed by atoms with Crippen molar-refractivity contribution in [1.82, 2.24) is 7.96 Å². The summed E-state index contributed by atoms with van der Waals surface area (Å²) in [6.07, 6.45) is 0. The van der Waals surface area contributed by atoms with Crippen molar-refractivity contribution < 1.29 is 4.79 Å². The van der Waals surface area contributed by atoms with E-state index < -0.39 is 0 Å². The minimum absolute atomic E-state index is 0.0758. The van der Waals surface area contributed by atoms with Gasteiger partial charge in [-0.1, -0.05) is 0 Å². The van der Waals surface area contributed by atoms with E-state index in [9.17, 15) is 4.79 Å². The number of carbonyl (C=O) groups is 1. The number of fused-ring (bicyclic) bond motifs is 1. The molecule has 4 nitrogen and oxygen atoms in total. The number of carbonyl (C=O) groups excluding carboxylic acids is 1. The summed E-state index contributed by atoms with van der Waals surface area (Å²) in [6, 6.07) is 12.3. The van der Waals surface area contributed by atoms with Gasteiger partial charge in [0.05, 0.1) is 0 Å². The van der Waals surface area contributed by atoms with Crippen LogP contribution in [0, 0.1) is 0 Å². The van der Waals surface area contributed by atoms with Crippen molar-refractivity contribution in [1.29, 1.82) is 0 Å². The standard InChI is InChI=1S/C13H8ClN3OSe/c14-9-2-4-10(5-3-9)15-13(18)8-1-6-11-12(7-8)17-19-16-11/h1-7H,(H,15,18). The molecule has 0 aliphatic heterocycles. The number of hydrogen-bond donors (Lipinski definition) is 1. The summed E-state index contributed by atoms with van der Waals surface area (Å²) in [5, 5.41) is 3.45. The van der Waals surface area contributed by atoms with Crippen molar-refractivity contribution in [2.24, 2.45) is 0 Å². The van der Waals surface area contributed by atoms with Crippen LogP contribution < -0.4 is 5.32 Å². The van der Waals surface area contributed by atoms with Crippen LogP contribution in [0.25, 0.3) is 11.0 Å². The summed E-state index contributed by atoms with van der Waals surface area (Å²) in [6.45, 7) is 0. The second kappa shape index (κ2) is 5.13. The number of benzene rings is 2. The molecule has 0 saturated carbocycles. The molecule has 0 saturated heterocycles. The molecule has 6 heteroatoms. The van der Waals surface area contributed by atoms with E-state index in [1.807, 2.05) is 6.07 Å². The molecule has 1 amide bonds. The van der Waals surface area contributed by atoms with E-state index in [0.717, 1.165) is 11.0 Å². The van der Waals surface area contributed by atoms with E-state index in [4.69, 9.17) is 11.6 Å². The number of amides is 1. The van der Waals surface area contributed by atoms with Gasteiger partial charge in [-0.3, -0.25) is 0 Å². The zero-order valence-corrected chi connectivity index (χ0v) is 12.1. The number of aromatic nitrogens is 2. The third-order valence-electron chi connectivity index (χ3n) is 2.62. The molecule has 0 spiro atoms. The molecule has 0 unspecified atom stereocenters. The Balaban J connectivity index is 1.84. The van der Waals surface area contributed by atoms with Crippen LogP contribution in [0.5, 0.6) is 0 Å². The van der Waals surface area contributed by atoms with Crippen molar-refractivity contribution in [3.63, 3.8) is 0 Å². The van der Waals surface area contributed by atoms with E-state index in [-0.39, 0.29) is 20.9 Å². The second-order valence-electron chi connectivity index (χ2n) is 3.93. The molecule has 2 aromatic carbocycles. The summed E-state index contributed by atoms with van der Waals surface area (Å²) >= 11 is 5.72. The molecule has 0 fully saturated rings. The SMILES string of the molecule is O=C(Nc1ccc(Cl)cc1)c1ccc2n[se]nc2c1. The van der Waals surface area contributed by atoms with Crippen molar-refractivity contribution in [3.05, 3.63) is 53.1 Å². The molecule has 1 aromatic heterocycles. The molecule has 0 aliphatic rings. The Morgan fingerprint density at radius 3 is 2.58 bits per heavy atom. The van der Waals surface area contributed by atoms with Gasteiger partial charge in [-0.2, -0.15) is 0 Å². The Morgan fingerprint density at radius 2 is 1.79 bits per heavy atom. The van der Waals surface area contributed by atoms with Crippen LogP contribution >= 0.6 is 11.6 Å². The zero-order chi connectivity index (χ0) is 13.2. The van der Waals surface area contributed by atoms with Crippen LogP contribution in [-0.2, 0) is 0 Å². The first kappa shape index (κ1) is 12.4. The van der Waals surface area contributed by atoms with Crippen molar-refractivity contribution >= 4 is 49.2 Å². The Labute approximate surface area is 120 Å². The molecule has 0 radical (unpaired) electrons. The Kier molecular flexibility index (Phi) is 3.34. The van der Waals surface area contributed by atoms with Gasteiger partial charge in [-0.15, -0.1) is 0 Å². The summed E-state index contributed by atoms with van der Waals surface area (Å²) in [5.74, 6) is -0.167. The average Bonchev–Trinajstić information content (AvgIpc) is 2.88. The molecule has 3 aromatic rings. The molecule has 94 valence electrons. The molecule has 0 aliphatic carbocycles. The van der Waals surface area contributed by atoms with Gasteiger partial charge in [0.2, 0.25) is 0 Å². The van der Waals surface area contributed by atoms with Gasteiger partial charge in [0.15, 0.2) is 0 Å².